The molecule has 9 heteroatoms. The number of ether oxygens (including phenoxy) is 1. The Hall–Kier alpha value is -1.25. The summed E-state index contributed by atoms with van der Waals surface area (Å²) in [6.45, 7) is 2.46. The third-order valence-electron chi connectivity index (χ3n) is 7.56. The minimum absolute atomic E-state index is 0. The number of likely N-dealkylation sites (N-methyl/N-ethyl adjacent to an activating group) is 1. The van der Waals surface area contributed by atoms with Crippen molar-refractivity contribution in [3.63, 3.8) is 0 Å². The second kappa shape index (κ2) is 7.17. The second-order valence-corrected chi connectivity index (χ2v) is 8.70. The molecule has 29 heavy (non-hydrogen) atoms. The molecule has 162 valence electrons. The number of carboxylic acid groups (broad SMARTS) is 1. The molecule has 2 fully saturated rings. The predicted octanol–water partition coefficient (Wildman–Crippen LogP) is 1.45. The van der Waals surface area contributed by atoms with E-state index in [1.54, 1.807) is 13.0 Å². The summed E-state index contributed by atoms with van der Waals surface area (Å²) in [6, 6.07) is 2.72. The number of aliphatic carboxylic acids is 1. The number of rotatable bonds is 3. The van der Waals surface area contributed by atoms with E-state index in [2.05, 4.69) is 17.3 Å². The molecule has 1 spiro atoms. The maximum absolute atomic E-state index is 12.0. The molecule has 4 aliphatic rings. The lowest BCUT2D eigenvalue weighted by Gasteiger charge is -2.63. The summed E-state index contributed by atoms with van der Waals surface area (Å²) in [5.41, 5.74) is 0.522. The molecule has 1 aromatic carbocycles. The van der Waals surface area contributed by atoms with Gasteiger partial charge in [-0.25, -0.2) is 0 Å². The number of aromatic hydroxyl groups is 1. The monoisotopic (exact) mass is 446 g/mol. The van der Waals surface area contributed by atoms with Gasteiger partial charge in [0.25, 0.3) is 0 Å². The second-order valence-electron chi connectivity index (χ2n) is 8.70. The van der Waals surface area contributed by atoms with Crippen LogP contribution in [0.3, 0.4) is 0 Å². The molecule has 2 aliphatic heterocycles. The Morgan fingerprint density at radius 1 is 1.34 bits per heavy atom. The molecule has 0 aromatic heterocycles. The Morgan fingerprint density at radius 3 is 2.76 bits per heavy atom. The summed E-state index contributed by atoms with van der Waals surface area (Å²) in [5.74, 6) is -0.324. The van der Waals surface area contributed by atoms with Gasteiger partial charge in [-0.05, 0) is 57.8 Å². The first kappa shape index (κ1) is 22.4. The highest BCUT2D eigenvalue weighted by Crippen LogP contribution is 2.65. The van der Waals surface area contributed by atoms with E-state index in [-0.39, 0.29) is 42.6 Å². The Bertz CT molecular complexity index is 839. The van der Waals surface area contributed by atoms with Crippen LogP contribution in [0.25, 0.3) is 0 Å². The Balaban J connectivity index is 0.00000120. The van der Waals surface area contributed by atoms with Crippen LogP contribution in [0.5, 0.6) is 11.5 Å². The van der Waals surface area contributed by atoms with Gasteiger partial charge in [-0.2, -0.15) is 0 Å². The zero-order chi connectivity index (χ0) is 19.1. The predicted molar refractivity (Wildman–Crippen MR) is 112 cm³/mol. The van der Waals surface area contributed by atoms with Crippen LogP contribution >= 0.6 is 24.8 Å². The van der Waals surface area contributed by atoms with Crippen LogP contribution in [-0.4, -0.2) is 69.6 Å². The molecule has 1 saturated heterocycles. The van der Waals surface area contributed by atoms with Crippen molar-refractivity contribution in [2.45, 2.75) is 67.9 Å². The highest BCUT2D eigenvalue weighted by Gasteiger charge is 2.72. The van der Waals surface area contributed by atoms with Gasteiger partial charge in [0.15, 0.2) is 11.5 Å². The molecule has 1 aromatic rings. The largest absolute Gasteiger partial charge is 0.504 e. The summed E-state index contributed by atoms with van der Waals surface area (Å²) in [5, 5.41) is 35.0. The van der Waals surface area contributed by atoms with Crippen LogP contribution in [0.4, 0.5) is 0 Å². The molecular formula is C20H28Cl2N2O5. The van der Waals surface area contributed by atoms with Crippen LogP contribution in [0.1, 0.15) is 37.3 Å². The number of likely N-dealkylation sites (tertiary alicyclic amines) is 1. The topological polar surface area (TPSA) is 102 Å². The van der Waals surface area contributed by atoms with Gasteiger partial charge in [0.2, 0.25) is 0 Å². The van der Waals surface area contributed by atoms with E-state index >= 15 is 0 Å². The summed E-state index contributed by atoms with van der Waals surface area (Å²) in [7, 11) is 2.06. The van der Waals surface area contributed by atoms with E-state index in [1.807, 2.05) is 6.07 Å². The molecule has 0 amide bonds. The lowest BCUT2D eigenvalue weighted by molar-refractivity contribution is -0.187. The molecule has 5 rings (SSSR count). The Labute approximate surface area is 182 Å². The number of piperidine rings is 1. The normalized spacial score (nSPS) is 37.4. The van der Waals surface area contributed by atoms with Gasteiger partial charge >= 0.3 is 5.97 Å². The van der Waals surface area contributed by atoms with Gasteiger partial charge in [0, 0.05) is 17.6 Å². The molecule has 2 bridgehead atoms. The molecule has 2 aliphatic carbocycles. The highest BCUT2D eigenvalue weighted by atomic mass is 35.5. The molecular weight excluding hydrogens is 419 g/mol. The maximum Gasteiger partial charge on any atom is 0.320 e. The number of nitrogens with one attached hydrogen (secondary N) is 1. The Morgan fingerprint density at radius 2 is 2.07 bits per heavy atom. The van der Waals surface area contributed by atoms with Crippen molar-refractivity contribution in [2.75, 3.05) is 13.6 Å². The zero-order valence-corrected chi connectivity index (χ0v) is 18.1. The molecule has 0 unspecified atom stereocenters. The third-order valence-corrected chi connectivity index (χ3v) is 7.56. The lowest BCUT2D eigenvalue weighted by Crippen LogP contribution is -2.78. The molecule has 0 radical (unpaired) electrons. The van der Waals surface area contributed by atoms with E-state index in [4.69, 9.17) is 4.74 Å². The maximum atomic E-state index is 12.0. The number of benzene rings is 1. The van der Waals surface area contributed by atoms with E-state index in [1.165, 1.54) is 0 Å². The van der Waals surface area contributed by atoms with Gasteiger partial charge in [-0.15, -0.1) is 24.8 Å². The Kier molecular flexibility index (Phi) is 5.54. The van der Waals surface area contributed by atoms with Crippen molar-refractivity contribution in [1.29, 1.82) is 0 Å². The van der Waals surface area contributed by atoms with E-state index in [9.17, 15) is 20.1 Å². The molecule has 6 atom stereocenters. The SMILES string of the molecule is C[C@H](N[C@H]1CC[C@@]2(O)[C@H]3Cc4ccc(O)c5c4[C@@]2(CCN3C)[C@H]1O5)C(=O)O.Cl.Cl. The van der Waals surface area contributed by atoms with Crippen molar-refractivity contribution < 1.29 is 24.9 Å². The lowest BCUT2D eigenvalue weighted by atomic mass is 9.48. The quantitative estimate of drug-likeness (QED) is 0.557. The first-order chi connectivity index (χ1) is 12.8. The number of nitrogens with zero attached hydrogens (tertiary/aromatic N) is 1. The van der Waals surface area contributed by atoms with Crippen LogP contribution < -0.4 is 10.1 Å². The standard InChI is InChI=1S/C20H26N2O5.2ClH/c1-10(18(24)25)21-12-5-6-20(26)14-9-11-3-4-13(23)16-15(11)19(20,17(12)27-16)7-8-22(14)2;;/h3-4,10,12,14,17,21,23,26H,5-9H2,1-2H3,(H,24,25);2*1H/t10-,12-,14+,17-,19-,20+;;/m0../s1. The highest BCUT2D eigenvalue weighted by molar-refractivity contribution is 5.85. The van der Waals surface area contributed by atoms with Gasteiger partial charge < -0.3 is 25.0 Å². The van der Waals surface area contributed by atoms with E-state index in [0.29, 0.717) is 18.6 Å². The molecule has 7 nitrogen and oxygen atoms in total. The number of hydrogen-bond acceptors (Lipinski definition) is 6. The fourth-order valence-corrected chi connectivity index (χ4v) is 6.32. The van der Waals surface area contributed by atoms with E-state index < -0.39 is 29.1 Å². The molecule has 1 saturated carbocycles. The third kappa shape index (κ3) is 2.64. The van der Waals surface area contributed by atoms with Gasteiger partial charge in [-0.1, -0.05) is 6.07 Å². The molecule has 2 heterocycles. The van der Waals surface area contributed by atoms with Crippen molar-refractivity contribution in [1.82, 2.24) is 10.2 Å². The van der Waals surface area contributed by atoms with Crippen LogP contribution in [-0.2, 0) is 16.6 Å². The summed E-state index contributed by atoms with van der Waals surface area (Å²) >= 11 is 0. The molecule has 4 N–H and O–H groups in total. The van der Waals surface area contributed by atoms with E-state index in [0.717, 1.165) is 30.5 Å². The van der Waals surface area contributed by atoms with Gasteiger partial charge in [0.1, 0.15) is 12.1 Å². The summed E-state index contributed by atoms with van der Waals surface area (Å²) in [4.78, 5) is 13.6. The minimum Gasteiger partial charge on any atom is -0.504 e. The average molecular weight is 447 g/mol. The van der Waals surface area contributed by atoms with Gasteiger partial charge in [-0.3, -0.25) is 10.1 Å². The summed E-state index contributed by atoms with van der Waals surface area (Å²) in [6.07, 6.45) is 2.29. The first-order valence-electron chi connectivity index (χ1n) is 9.73. The number of halogens is 2. The number of aliphatic hydroxyl groups is 1. The average Bonchev–Trinajstić information content (AvgIpc) is 2.98. The summed E-state index contributed by atoms with van der Waals surface area (Å²) < 4.78 is 6.32. The fraction of sp³-hybridized carbons (Fsp3) is 0.650. The first-order valence-corrected chi connectivity index (χ1v) is 9.73. The fourth-order valence-electron chi connectivity index (χ4n) is 6.32. The number of carboxylic acids is 1. The smallest absolute Gasteiger partial charge is 0.320 e. The van der Waals surface area contributed by atoms with Crippen molar-refractivity contribution >= 4 is 30.8 Å². The zero-order valence-electron chi connectivity index (χ0n) is 16.4. The number of hydrogen-bond donors (Lipinski definition) is 4. The van der Waals surface area contributed by atoms with Crippen molar-refractivity contribution in [2.24, 2.45) is 0 Å². The van der Waals surface area contributed by atoms with Crippen LogP contribution in [0.15, 0.2) is 12.1 Å². The van der Waals surface area contributed by atoms with Crippen molar-refractivity contribution in [3.8, 4) is 11.5 Å². The van der Waals surface area contributed by atoms with Crippen LogP contribution in [0.2, 0.25) is 0 Å². The van der Waals surface area contributed by atoms with Crippen LogP contribution in [0, 0.1) is 0 Å². The number of phenolic OH excluding ortho intramolecular Hbond substituents is 1. The minimum atomic E-state index is -0.943. The van der Waals surface area contributed by atoms with Crippen molar-refractivity contribution in [3.05, 3.63) is 23.3 Å². The number of carbonyl (C=O) groups is 1. The van der Waals surface area contributed by atoms with Gasteiger partial charge in [0.05, 0.1) is 11.0 Å². The number of phenols is 1.